The van der Waals surface area contributed by atoms with Crippen LogP contribution < -0.4 is 5.43 Å². The molecule has 0 saturated heterocycles. The van der Waals surface area contributed by atoms with Crippen LogP contribution in [0.15, 0.2) is 59.7 Å². The van der Waals surface area contributed by atoms with Crippen LogP contribution in [0.5, 0.6) is 0 Å². The number of benzene rings is 3. The number of anilines is 1. The molecule has 1 aliphatic carbocycles. The SMILES string of the molecule is CC(=NNc1c([N+](=O)[O-])cc([N+](=O)[O-])cc1[N+](=O)[O-])c1ccc2c(c1)Cc1ccccc1-2. The smallest absolute Gasteiger partial charge is 0.266 e. The molecule has 0 aliphatic heterocycles. The fourth-order valence-electron chi connectivity index (χ4n) is 3.68. The molecule has 0 aromatic heterocycles. The summed E-state index contributed by atoms with van der Waals surface area (Å²) < 4.78 is 0. The van der Waals surface area contributed by atoms with E-state index in [1.165, 1.54) is 11.1 Å². The summed E-state index contributed by atoms with van der Waals surface area (Å²) in [5, 5.41) is 37.9. The van der Waals surface area contributed by atoms with Crippen molar-refractivity contribution in [2.24, 2.45) is 5.10 Å². The van der Waals surface area contributed by atoms with Crippen LogP contribution in [0.1, 0.15) is 23.6 Å². The molecule has 0 fully saturated rings. The lowest BCUT2D eigenvalue weighted by atomic mass is 10.0. The normalized spacial score (nSPS) is 12.1. The Labute approximate surface area is 180 Å². The van der Waals surface area contributed by atoms with Crippen molar-refractivity contribution in [1.29, 1.82) is 0 Å². The summed E-state index contributed by atoms with van der Waals surface area (Å²) in [5.74, 6) is 0. The van der Waals surface area contributed by atoms with Crippen molar-refractivity contribution in [3.8, 4) is 11.1 Å². The molecule has 3 aromatic carbocycles. The third kappa shape index (κ3) is 3.62. The predicted octanol–water partition coefficient (Wildman–Crippen LogP) is 4.82. The van der Waals surface area contributed by atoms with E-state index in [2.05, 4.69) is 22.7 Å². The van der Waals surface area contributed by atoms with Gasteiger partial charge >= 0.3 is 11.4 Å². The molecule has 11 heteroatoms. The third-order valence-electron chi connectivity index (χ3n) is 5.23. The van der Waals surface area contributed by atoms with Crippen LogP contribution in [0, 0.1) is 30.3 Å². The van der Waals surface area contributed by atoms with Gasteiger partial charge in [-0.2, -0.15) is 5.10 Å². The highest BCUT2D eigenvalue weighted by Crippen LogP contribution is 2.39. The number of nitrogens with one attached hydrogen (secondary N) is 1. The lowest BCUT2D eigenvalue weighted by molar-refractivity contribution is -0.401. The van der Waals surface area contributed by atoms with Crippen LogP contribution in [0.3, 0.4) is 0 Å². The minimum absolute atomic E-state index is 0.436. The van der Waals surface area contributed by atoms with Gasteiger partial charge in [-0.25, -0.2) is 0 Å². The molecular weight excluding hydrogens is 418 g/mol. The van der Waals surface area contributed by atoms with E-state index < -0.39 is 37.5 Å². The topological polar surface area (TPSA) is 154 Å². The van der Waals surface area contributed by atoms with Crippen LogP contribution in [0.4, 0.5) is 22.7 Å². The molecule has 1 aliphatic rings. The van der Waals surface area contributed by atoms with Crippen molar-refractivity contribution >= 4 is 28.5 Å². The Morgan fingerprint density at radius 1 is 0.844 bits per heavy atom. The first-order valence-corrected chi connectivity index (χ1v) is 9.39. The molecule has 0 spiro atoms. The summed E-state index contributed by atoms with van der Waals surface area (Å²) in [4.78, 5) is 31.0. The maximum Gasteiger partial charge on any atom is 0.308 e. The second-order valence-electron chi connectivity index (χ2n) is 7.15. The van der Waals surface area contributed by atoms with Crippen LogP contribution >= 0.6 is 0 Å². The molecule has 0 heterocycles. The van der Waals surface area contributed by atoms with E-state index in [-0.39, 0.29) is 0 Å². The Morgan fingerprint density at radius 2 is 1.47 bits per heavy atom. The van der Waals surface area contributed by atoms with Crippen molar-refractivity contribution in [3.05, 3.63) is 102 Å². The van der Waals surface area contributed by atoms with E-state index in [9.17, 15) is 30.3 Å². The van der Waals surface area contributed by atoms with E-state index >= 15 is 0 Å². The zero-order valence-electron chi connectivity index (χ0n) is 16.6. The Balaban J connectivity index is 1.69. The molecule has 0 unspecified atom stereocenters. The fourth-order valence-corrected chi connectivity index (χ4v) is 3.68. The minimum atomic E-state index is -0.931. The second kappa shape index (κ2) is 7.87. The minimum Gasteiger partial charge on any atom is -0.266 e. The van der Waals surface area contributed by atoms with Crippen LogP contribution in [-0.2, 0) is 6.42 Å². The van der Waals surface area contributed by atoms with Gasteiger partial charge in [0, 0.05) is 0 Å². The highest BCUT2D eigenvalue weighted by atomic mass is 16.6. The summed E-state index contributed by atoms with van der Waals surface area (Å²) in [7, 11) is 0. The molecule has 32 heavy (non-hydrogen) atoms. The summed E-state index contributed by atoms with van der Waals surface area (Å²) in [5.41, 5.74) is 5.23. The quantitative estimate of drug-likeness (QED) is 0.260. The van der Waals surface area contributed by atoms with Gasteiger partial charge in [0.25, 0.3) is 5.69 Å². The van der Waals surface area contributed by atoms with Gasteiger partial charge in [-0.15, -0.1) is 0 Å². The molecule has 0 saturated carbocycles. The molecular formula is C21H15N5O6. The lowest BCUT2D eigenvalue weighted by Crippen LogP contribution is -2.06. The number of fused-ring (bicyclic) bond motifs is 3. The molecule has 4 rings (SSSR count). The monoisotopic (exact) mass is 433 g/mol. The highest BCUT2D eigenvalue weighted by Gasteiger charge is 2.30. The van der Waals surface area contributed by atoms with Gasteiger partial charge in [0.2, 0.25) is 5.69 Å². The number of hydrogen-bond acceptors (Lipinski definition) is 8. The lowest BCUT2D eigenvalue weighted by Gasteiger charge is -2.07. The van der Waals surface area contributed by atoms with Crippen LogP contribution in [0.25, 0.3) is 11.1 Å². The predicted molar refractivity (Wildman–Crippen MR) is 117 cm³/mol. The van der Waals surface area contributed by atoms with Crippen molar-refractivity contribution in [2.45, 2.75) is 13.3 Å². The number of hydrazone groups is 1. The van der Waals surface area contributed by atoms with Crippen LogP contribution in [-0.4, -0.2) is 20.5 Å². The number of nitrogens with zero attached hydrogens (tertiary/aromatic N) is 4. The third-order valence-corrected chi connectivity index (χ3v) is 5.23. The summed E-state index contributed by atoms with van der Waals surface area (Å²) in [6, 6.07) is 15.1. The Bertz CT molecular complexity index is 1300. The maximum atomic E-state index is 11.4. The number of rotatable bonds is 6. The Morgan fingerprint density at radius 3 is 2.09 bits per heavy atom. The molecule has 3 aromatic rings. The number of non-ortho nitro benzene ring substituents is 1. The van der Waals surface area contributed by atoms with Crippen molar-refractivity contribution in [2.75, 3.05) is 5.43 Å². The first kappa shape index (κ1) is 20.6. The van der Waals surface area contributed by atoms with Crippen molar-refractivity contribution in [3.63, 3.8) is 0 Å². The first-order chi connectivity index (χ1) is 15.3. The Hall–Kier alpha value is -4.67. The molecule has 0 atom stereocenters. The number of nitro benzene ring substituents is 3. The van der Waals surface area contributed by atoms with E-state index in [1.807, 2.05) is 30.3 Å². The van der Waals surface area contributed by atoms with Crippen LogP contribution in [0.2, 0.25) is 0 Å². The zero-order valence-corrected chi connectivity index (χ0v) is 16.6. The van der Waals surface area contributed by atoms with Gasteiger partial charge in [-0.3, -0.25) is 35.8 Å². The molecule has 0 bridgehead atoms. The summed E-state index contributed by atoms with van der Waals surface area (Å²) in [6.07, 6.45) is 0.763. The van der Waals surface area contributed by atoms with Gasteiger partial charge in [0.1, 0.15) is 0 Å². The average Bonchev–Trinajstić information content (AvgIpc) is 3.14. The van der Waals surface area contributed by atoms with Gasteiger partial charge in [-0.1, -0.05) is 36.4 Å². The largest absolute Gasteiger partial charge is 0.308 e. The standard InChI is InChI=1S/C21H15N5O6/c1-12(13-6-7-18-15(8-13)9-14-4-2-3-5-17(14)18)22-23-21-19(25(29)30)10-16(24(27)28)11-20(21)26(31)32/h2-8,10-11,23H,9H2,1H3. The molecule has 11 nitrogen and oxygen atoms in total. The number of nitro groups is 3. The molecule has 0 amide bonds. The second-order valence-corrected chi connectivity index (χ2v) is 7.15. The summed E-state index contributed by atoms with van der Waals surface area (Å²) in [6.45, 7) is 1.65. The summed E-state index contributed by atoms with van der Waals surface area (Å²) >= 11 is 0. The van der Waals surface area contributed by atoms with Gasteiger partial charge in [0.15, 0.2) is 0 Å². The maximum absolute atomic E-state index is 11.4. The van der Waals surface area contributed by atoms with E-state index in [4.69, 9.17) is 0 Å². The van der Waals surface area contributed by atoms with E-state index in [1.54, 1.807) is 6.92 Å². The zero-order chi connectivity index (χ0) is 23.0. The van der Waals surface area contributed by atoms with Gasteiger partial charge in [0.05, 0.1) is 32.6 Å². The highest BCUT2D eigenvalue weighted by molar-refractivity contribution is 6.00. The first-order valence-electron chi connectivity index (χ1n) is 9.39. The van der Waals surface area contributed by atoms with Crippen molar-refractivity contribution < 1.29 is 14.8 Å². The van der Waals surface area contributed by atoms with Gasteiger partial charge in [-0.05, 0) is 47.2 Å². The van der Waals surface area contributed by atoms with Gasteiger partial charge < -0.3 is 0 Å². The van der Waals surface area contributed by atoms with E-state index in [0.717, 1.165) is 23.1 Å². The Kier molecular flexibility index (Phi) is 5.07. The average molecular weight is 433 g/mol. The molecule has 0 radical (unpaired) electrons. The van der Waals surface area contributed by atoms with E-state index in [0.29, 0.717) is 17.8 Å². The van der Waals surface area contributed by atoms with Crippen molar-refractivity contribution in [1.82, 2.24) is 0 Å². The molecule has 160 valence electrons. The fraction of sp³-hybridized carbons (Fsp3) is 0.0952. The number of hydrogen-bond donors (Lipinski definition) is 1. The molecule has 1 N–H and O–H groups in total.